The lowest BCUT2D eigenvalue weighted by Gasteiger charge is -2.25. The smallest absolute Gasteiger partial charge is 0.220 e. The molecule has 1 aliphatic heterocycles. The zero-order valence-corrected chi connectivity index (χ0v) is 12.1. The van der Waals surface area contributed by atoms with Gasteiger partial charge in [0.05, 0.1) is 6.26 Å². The van der Waals surface area contributed by atoms with Crippen LogP contribution in [0.3, 0.4) is 0 Å². The molecule has 3 rings (SSSR count). The summed E-state index contributed by atoms with van der Waals surface area (Å²) < 4.78 is 5.31. The summed E-state index contributed by atoms with van der Waals surface area (Å²) in [6, 6.07) is 4.67. The highest BCUT2D eigenvalue weighted by Gasteiger charge is 2.24. The quantitative estimate of drug-likeness (QED) is 0.553. The van der Waals surface area contributed by atoms with Gasteiger partial charge < -0.3 is 20.4 Å². The summed E-state index contributed by atoms with van der Waals surface area (Å²) in [7, 11) is 0. The molecule has 1 aliphatic carbocycles. The minimum Gasteiger partial charge on any atom is -0.469 e. The molecule has 1 amide bonds. The normalized spacial score (nSPS) is 22.8. The first-order valence-electron chi connectivity index (χ1n) is 7.66. The first kappa shape index (κ1) is 14.0. The van der Waals surface area contributed by atoms with E-state index in [2.05, 4.69) is 20.9 Å². The van der Waals surface area contributed by atoms with Gasteiger partial charge in [-0.25, -0.2) is 0 Å². The van der Waals surface area contributed by atoms with Crippen LogP contribution in [0.4, 0.5) is 0 Å². The second-order valence-electron chi connectivity index (χ2n) is 5.66. The summed E-state index contributed by atoms with van der Waals surface area (Å²) in [5.41, 5.74) is 0. The second kappa shape index (κ2) is 6.65. The van der Waals surface area contributed by atoms with Crippen molar-refractivity contribution in [3.05, 3.63) is 24.2 Å². The largest absolute Gasteiger partial charge is 0.469 e. The van der Waals surface area contributed by atoms with Crippen LogP contribution in [-0.4, -0.2) is 37.0 Å². The lowest BCUT2D eigenvalue weighted by Crippen LogP contribution is -2.51. The van der Waals surface area contributed by atoms with Crippen LogP contribution in [0.2, 0.25) is 0 Å². The standard InChI is InChI=1S/C15H22N4O2/c20-14-6-5-12(10-17-14)19-15(18-11-3-4-11)16-8-7-13-2-1-9-21-13/h1-2,9,11-12H,3-8,10H2,(H,17,20)(H2,16,18,19). The molecular formula is C15H22N4O2. The van der Waals surface area contributed by atoms with Gasteiger partial charge in [0.2, 0.25) is 5.91 Å². The second-order valence-corrected chi connectivity index (χ2v) is 5.66. The Morgan fingerprint density at radius 1 is 1.33 bits per heavy atom. The Morgan fingerprint density at radius 3 is 2.86 bits per heavy atom. The Balaban J connectivity index is 1.51. The van der Waals surface area contributed by atoms with E-state index in [4.69, 9.17) is 4.42 Å². The minimum atomic E-state index is 0.138. The van der Waals surface area contributed by atoms with Crippen LogP contribution in [0.5, 0.6) is 0 Å². The highest BCUT2D eigenvalue weighted by Crippen LogP contribution is 2.18. The number of rotatable bonds is 5. The predicted octanol–water partition coefficient (Wildman–Crippen LogP) is 0.798. The van der Waals surface area contributed by atoms with Crippen molar-refractivity contribution in [3.63, 3.8) is 0 Å². The van der Waals surface area contributed by atoms with Crippen LogP contribution in [0.1, 0.15) is 31.4 Å². The average Bonchev–Trinajstić information content (AvgIpc) is 3.14. The van der Waals surface area contributed by atoms with Gasteiger partial charge in [0, 0.05) is 38.0 Å². The number of carbonyl (C=O) groups excluding carboxylic acids is 1. The van der Waals surface area contributed by atoms with Crippen LogP contribution in [0.15, 0.2) is 27.8 Å². The Labute approximate surface area is 124 Å². The fourth-order valence-corrected chi connectivity index (χ4v) is 2.34. The maximum Gasteiger partial charge on any atom is 0.220 e. The van der Waals surface area contributed by atoms with E-state index < -0.39 is 0 Å². The first-order valence-corrected chi connectivity index (χ1v) is 7.66. The number of nitrogens with one attached hydrogen (secondary N) is 3. The molecule has 0 radical (unpaired) electrons. The Bertz CT molecular complexity index is 484. The molecule has 2 aliphatic rings. The third-order valence-corrected chi connectivity index (χ3v) is 3.73. The maximum absolute atomic E-state index is 11.2. The molecule has 114 valence electrons. The van der Waals surface area contributed by atoms with Crippen molar-refractivity contribution in [2.24, 2.45) is 4.99 Å². The van der Waals surface area contributed by atoms with Gasteiger partial charge in [-0.15, -0.1) is 0 Å². The molecule has 2 heterocycles. The number of guanidine groups is 1. The van der Waals surface area contributed by atoms with E-state index >= 15 is 0 Å². The van der Waals surface area contributed by atoms with E-state index in [1.54, 1.807) is 6.26 Å². The van der Waals surface area contributed by atoms with Crippen molar-refractivity contribution in [3.8, 4) is 0 Å². The number of carbonyl (C=O) groups is 1. The summed E-state index contributed by atoms with van der Waals surface area (Å²) >= 11 is 0. The average molecular weight is 290 g/mol. The van der Waals surface area contributed by atoms with Gasteiger partial charge in [0.1, 0.15) is 5.76 Å². The van der Waals surface area contributed by atoms with Gasteiger partial charge in [0.25, 0.3) is 0 Å². The molecule has 1 aromatic rings. The number of hydrogen-bond acceptors (Lipinski definition) is 3. The Morgan fingerprint density at radius 2 is 2.19 bits per heavy atom. The molecule has 21 heavy (non-hydrogen) atoms. The van der Waals surface area contributed by atoms with Crippen molar-refractivity contribution in [2.75, 3.05) is 13.1 Å². The summed E-state index contributed by atoms with van der Waals surface area (Å²) in [6.07, 6.45) is 6.34. The van der Waals surface area contributed by atoms with Crippen molar-refractivity contribution >= 4 is 11.9 Å². The SMILES string of the molecule is O=C1CCC(NC(=NCCc2ccco2)NC2CC2)CN1. The van der Waals surface area contributed by atoms with E-state index in [9.17, 15) is 4.79 Å². The maximum atomic E-state index is 11.2. The van der Waals surface area contributed by atoms with Gasteiger partial charge >= 0.3 is 0 Å². The van der Waals surface area contributed by atoms with E-state index in [1.165, 1.54) is 12.8 Å². The summed E-state index contributed by atoms with van der Waals surface area (Å²) in [6.45, 7) is 1.36. The van der Waals surface area contributed by atoms with Crippen LogP contribution < -0.4 is 16.0 Å². The Kier molecular flexibility index (Phi) is 4.43. The van der Waals surface area contributed by atoms with Crippen molar-refractivity contribution in [1.29, 1.82) is 0 Å². The van der Waals surface area contributed by atoms with Gasteiger partial charge in [-0.1, -0.05) is 0 Å². The molecular weight excluding hydrogens is 268 g/mol. The molecule has 3 N–H and O–H groups in total. The third-order valence-electron chi connectivity index (χ3n) is 3.73. The van der Waals surface area contributed by atoms with E-state index in [1.807, 2.05) is 12.1 Å². The number of piperidine rings is 1. The summed E-state index contributed by atoms with van der Waals surface area (Å²) in [4.78, 5) is 15.8. The molecule has 1 atom stereocenters. The van der Waals surface area contributed by atoms with Crippen LogP contribution >= 0.6 is 0 Å². The molecule has 1 saturated carbocycles. The summed E-state index contributed by atoms with van der Waals surface area (Å²) in [5.74, 6) is 1.94. The number of furan rings is 1. The van der Waals surface area contributed by atoms with Gasteiger partial charge in [0.15, 0.2) is 5.96 Å². The van der Waals surface area contributed by atoms with Crippen LogP contribution in [0, 0.1) is 0 Å². The fourth-order valence-electron chi connectivity index (χ4n) is 2.34. The summed E-state index contributed by atoms with van der Waals surface area (Å²) in [5, 5.41) is 9.73. The Hall–Kier alpha value is -1.98. The molecule has 0 aromatic carbocycles. The highest BCUT2D eigenvalue weighted by atomic mass is 16.3. The van der Waals surface area contributed by atoms with E-state index in [-0.39, 0.29) is 11.9 Å². The topological polar surface area (TPSA) is 78.7 Å². The van der Waals surface area contributed by atoms with Crippen molar-refractivity contribution < 1.29 is 9.21 Å². The molecule has 2 fully saturated rings. The van der Waals surface area contributed by atoms with Gasteiger partial charge in [-0.05, 0) is 31.4 Å². The van der Waals surface area contributed by atoms with Crippen molar-refractivity contribution in [1.82, 2.24) is 16.0 Å². The zero-order chi connectivity index (χ0) is 14.5. The number of amides is 1. The third kappa shape index (κ3) is 4.51. The molecule has 1 aromatic heterocycles. The number of aliphatic imine (C=N–C) groups is 1. The van der Waals surface area contributed by atoms with Gasteiger partial charge in [-0.2, -0.15) is 0 Å². The zero-order valence-electron chi connectivity index (χ0n) is 12.1. The monoisotopic (exact) mass is 290 g/mol. The minimum absolute atomic E-state index is 0.138. The van der Waals surface area contributed by atoms with Gasteiger partial charge in [-0.3, -0.25) is 9.79 Å². The lowest BCUT2D eigenvalue weighted by atomic mass is 10.1. The van der Waals surface area contributed by atoms with E-state index in [0.29, 0.717) is 25.6 Å². The highest BCUT2D eigenvalue weighted by molar-refractivity contribution is 5.81. The molecule has 6 nitrogen and oxygen atoms in total. The lowest BCUT2D eigenvalue weighted by molar-refractivity contribution is -0.122. The molecule has 1 saturated heterocycles. The van der Waals surface area contributed by atoms with Crippen LogP contribution in [-0.2, 0) is 11.2 Å². The van der Waals surface area contributed by atoms with Crippen molar-refractivity contribution in [2.45, 2.75) is 44.2 Å². The predicted molar refractivity (Wildman–Crippen MR) is 80.0 cm³/mol. The first-order chi connectivity index (χ1) is 10.3. The number of hydrogen-bond donors (Lipinski definition) is 3. The number of nitrogens with zero attached hydrogens (tertiary/aromatic N) is 1. The fraction of sp³-hybridized carbons (Fsp3) is 0.600. The van der Waals surface area contributed by atoms with Crippen LogP contribution in [0.25, 0.3) is 0 Å². The molecule has 1 unspecified atom stereocenters. The van der Waals surface area contributed by atoms with E-state index in [0.717, 1.165) is 24.6 Å². The molecule has 0 bridgehead atoms. The molecule has 0 spiro atoms. The molecule has 6 heteroatoms.